The summed E-state index contributed by atoms with van der Waals surface area (Å²) in [7, 11) is 0. The van der Waals surface area contributed by atoms with Crippen LogP contribution in [-0.4, -0.2) is 11.6 Å². The number of hydrogen-bond donors (Lipinski definition) is 0. The van der Waals surface area contributed by atoms with E-state index in [1.165, 1.54) is 0 Å². The predicted octanol–water partition coefficient (Wildman–Crippen LogP) is 0.678. The largest absolute Gasteiger partial charge is 0.299 e. The van der Waals surface area contributed by atoms with Crippen LogP contribution in [0.2, 0.25) is 0 Å². The van der Waals surface area contributed by atoms with Gasteiger partial charge in [0.05, 0.1) is 0 Å². The van der Waals surface area contributed by atoms with Gasteiger partial charge in [0.25, 0.3) is 0 Å². The van der Waals surface area contributed by atoms with E-state index in [9.17, 15) is 9.59 Å². The lowest BCUT2D eigenvalue weighted by molar-refractivity contribution is -0.145. The zero-order valence-electron chi connectivity index (χ0n) is 7.59. The smallest absolute Gasteiger partial charge is 0.141 e. The summed E-state index contributed by atoms with van der Waals surface area (Å²) in [5.74, 6) is 3.50. The fourth-order valence-corrected chi connectivity index (χ4v) is 5.43. The van der Waals surface area contributed by atoms with E-state index < -0.39 is 0 Å². The Morgan fingerprint density at radius 2 is 1.14 bits per heavy atom. The molecule has 2 nitrogen and oxygen atoms in total. The van der Waals surface area contributed by atoms with Crippen LogP contribution < -0.4 is 0 Å². The summed E-state index contributed by atoms with van der Waals surface area (Å²) in [4.78, 5) is 24.0. The third-order valence-electron chi connectivity index (χ3n) is 5.64. The summed E-state index contributed by atoms with van der Waals surface area (Å²) in [6.07, 6.45) is 4.47. The van der Waals surface area contributed by atoms with Gasteiger partial charge in [-0.1, -0.05) is 12.2 Å². The van der Waals surface area contributed by atoms with E-state index in [2.05, 4.69) is 12.2 Å². The molecular formula is C12H10O2. The Bertz CT molecular complexity index is 396. The Balaban J connectivity index is 1.91. The van der Waals surface area contributed by atoms with Crippen LogP contribution in [-0.2, 0) is 9.59 Å². The van der Waals surface area contributed by atoms with Gasteiger partial charge < -0.3 is 0 Å². The van der Waals surface area contributed by atoms with Crippen LogP contribution >= 0.6 is 0 Å². The van der Waals surface area contributed by atoms with Gasteiger partial charge in [0, 0.05) is 23.7 Å². The van der Waals surface area contributed by atoms with Gasteiger partial charge in [-0.15, -0.1) is 0 Å². The summed E-state index contributed by atoms with van der Waals surface area (Å²) in [5, 5.41) is 0. The van der Waals surface area contributed by atoms with Crippen LogP contribution in [0.15, 0.2) is 12.2 Å². The van der Waals surface area contributed by atoms with Gasteiger partial charge in [0.1, 0.15) is 11.6 Å². The van der Waals surface area contributed by atoms with E-state index in [0.717, 1.165) is 0 Å². The number of ketones is 2. The molecule has 8 atom stereocenters. The molecule has 0 radical (unpaired) electrons. The quantitative estimate of drug-likeness (QED) is 0.412. The second-order valence-electron chi connectivity index (χ2n) is 5.60. The van der Waals surface area contributed by atoms with Gasteiger partial charge in [0.2, 0.25) is 0 Å². The van der Waals surface area contributed by atoms with E-state index in [1.54, 1.807) is 0 Å². The Morgan fingerprint density at radius 3 is 1.57 bits per heavy atom. The monoisotopic (exact) mass is 186 g/mol. The van der Waals surface area contributed by atoms with Crippen molar-refractivity contribution in [3.05, 3.63) is 12.2 Å². The van der Waals surface area contributed by atoms with E-state index >= 15 is 0 Å². The highest BCUT2D eigenvalue weighted by Gasteiger charge is 2.80. The van der Waals surface area contributed by atoms with Crippen LogP contribution in [0.25, 0.3) is 0 Å². The molecule has 0 saturated heterocycles. The fourth-order valence-electron chi connectivity index (χ4n) is 5.43. The highest BCUT2D eigenvalue weighted by molar-refractivity contribution is 6.06. The number of carbonyl (C=O) groups excluding carboxylic acids is 2. The average molecular weight is 186 g/mol. The summed E-state index contributed by atoms with van der Waals surface area (Å²) in [6.45, 7) is 0. The number of fused-ring (bicyclic) bond motifs is 9. The number of allylic oxidation sites excluding steroid dienone is 2. The Kier molecular flexibility index (Phi) is 0.718. The average Bonchev–Trinajstić information content (AvgIpc) is 2.40. The number of Topliss-reactive ketones (excluding diaryl/α,β-unsaturated/α-hetero) is 2. The Morgan fingerprint density at radius 1 is 0.714 bits per heavy atom. The van der Waals surface area contributed by atoms with Crippen LogP contribution in [0.1, 0.15) is 0 Å². The lowest BCUT2D eigenvalue weighted by Crippen LogP contribution is -2.50. The first-order chi connectivity index (χ1) is 6.80. The lowest BCUT2D eigenvalue weighted by atomic mass is 9.52. The number of hydrogen-bond acceptors (Lipinski definition) is 2. The first-order valence-corrected chi connectivity index (χ1v) is 5.56. The predicted molar refractivity (Wildman–Crippen MR) is 47.1 cm³/mol. The second kappa shape index (κ2) is 1.54. The molecule has 4 aliphatic rings. The van der Waals surface area contributed by atoms with Crippen molar-refractivity contribution in [3.63, 3.8) is 0 Å². The summed E-state index contributed by atoms with van der Waals surface area (Å²) in [5.41, 5.74) is 0. The normalized spacial score (nSPS) is 69.4. The van der Waals surface area contributed by atoms with Crippen molar-refractivity contribution in [1.29, 1.82) is 0 Å². The van der Waals surface area contributed by atoms with Crippen molar-refractivity contribution < 1.29 is 9.59 Å². The van der Waals surface area contributed by atoms with Gasteiger partial charge in [-0.05, 0) is 23.7 Å². The molecule has 0 aliphatic heterocycles. The van der Waals surface area contributed by atoms with Crippen molar-refractivity contribution in [1.82, 2.24) is 0 Å². The third kappa shape index (κ3) is 0.358. The molecule has 70 valence electrons. The van der Waals surface area contributed by atoms with Gasteiger partial charge in [-0.3, -0.25) is 9.59 Å². The van der Waals surface area contributed by atoms with Crippen LogP contribution in [0.3, 0.4) is 0 Å². The molecule has 3 fully saturated rings. The molecule has 4 rings (SSSR count). The summed E-state index contributed by atoms with van der Waals surface area (Å²) >= 11 is 0. The number of carbonyl (C=O) groups is 2. The van der Waals surface area contributed by atoms with Gasteiger partial charge >= 0.3 is 0 Å². The molecule has 0 aromatic rings. The van der Waals surface area contributed by atoms with Crippen molar-refractivity contribution in [3.8, 4) is 0 Å². The molecule has 0 amide bonds. The second-order valence-corrected chi connectivity index (χ2v) is 5.60. The van der Waals surface area contributed by atoms with Crippen molar-refractivity contribution in [2.45, 2.75) is 0 Å². The summed E-state index contributed by atoms with van der Waals surface area (Å²) < 4.78 is 0. The van der Waals surface area contributed by atoms with Crippen LogP contribution in [0.4, 0.5) is 0 Å². The highest BCUT2D eigenvalue weighted by Crippen LogP contribution is 2.75. The molecule has 3 saturated carbocycles. The maximum absolute atomic E-state index is 12.0. The standard InChI is InChI=1S/C12H10O2/c13-11-7-3-1-2-4-6-5(3)9(11)10(6)12(14)8(4)7/h1-10H/t3-,4-,5+,6+,7-,8-,9-,10-/m0/s1. The maximum atomic E-state index is 12.0. The van der Waals surface area contributed by atoms with Gasteiger partial charge in [-0.25, -0.2) is 0 Å². The van der Waals surface area contributed by atoms with Crippen molar-refractivity contribution in [2.75, 3.05) is 0 Å². The lowest BCUT2D eigenvalue weighted by Gasteiger charge is -2.50. The van der Waals surface area contributed by atoms with Gasteiger partial charge in [0.15, 0.2) is 0 Å². The minimum atomic E-state index is 0.113. The molecule has 0 N–H and O–H groups in total. The molecule has 4 aliphatic carbocycles. The van der Waals surface area contributed by atoms with Crippen LogP contribution in [0, 0.1) is 47.3 Å². The third-order valence-corrected chi connectivity index (χ3v) is 5.64. The molecule has 0 bridgehead atoms. The van der Waals surface area contributed by atoms with E-state index in [1.807, 2.05) is 0 Å². The zero-order chi connectivity index (χ0) is 9.19. The molecule has 0 spiro atoms. The summed E-state index contributed by atoms with van der Waals surface area (Å²) in [6, 6.07) is 0. The Labute approximate surface area is 81.4 Å². The molecular weight excluding hydrogens is 176 g/mol. The van der Waals surface area contributed by atoms with E-state index in [-0.39, 0.29) is 23.7 Å². The fraction of sp³-hybridized carbons (Fsp3) is 0.667. The maximum Gasteiger partial charge on any atom is 0.141 e. The highest BCUT2D eigenvalue weighted by atomic mass is 16.1. The molecule has 0 aromatic carbocycles. The Hall–Kier alpha value is -0.920. The minimum Gasteiger partial charge on any atom is -0.299 e. The van der Waals surface area contributed by atoms with E-state index in [0.29, 0.717) is 35.2 Å². The molecule has 2 heteroatoms. The van der Waals surface area contributed by atoms with Crippen molar-refractivity contribution >= 4 is 11.6 Å². The first-order valence-electron chi connectivity index (χ1n) is 5.56. The number of rotatable bonds is 0. The molecule has 0 unspecified atom stereocenters. The van der Waals surface area contributed by atoms with Crippen LogP contribution in [0.5, 0.6) is 0 Å². The topological polar surface area (TPSA) is 34.1 Å². The first kappa shape index (κ1) is 6.54. The van der Waals surface area contributed by atoms with E-state index in [4.69, 9.17) is 0 Å². The van der Waals surface area contributed by atoms with Crippen molar-refractivity contribution in [2.24, 2.45) is 47.3 Å². The molecule has 0 heterocycles. The zero-order valence-corrected chi connectivity index (χ0v) is 7.59. The van der Waals surface area contributed by atoms with Gasteiger partial charge in [-0.2, -0.15) is 0 Å². The molecule has 0 aromatic heterocycles. The molecule has 14 heavy (non-hydrogen) atoms. The minimum absolute atomic E-state index is 0.113. The SMILES string of the molecule is O=C1[C@@H]2[C@H]3C(=O)[C@H]4[C@H]5C=C[C@H]([C@H]14)[C@@H]2[C@@H]53.